The second-order valence-corrected chi connectivity index (χ2v) is 7.35. The first-order valence-corrected chi connectivity index (χ1v) is 9.53. The number of hydrogen-bond acceptors (Lipinski definition) is 6. The monoisotopic (exact) mass is 409 g/mol. The van der Waals surface area contributed by atoms with Crippen molar-refractivity contribution >= 4 is 29.1 Å². The Balaban J connectivity index is 1.56. The smallest absolute Gasteiger partial charge is 0.293 e. The minimum Gasteiger partial charge on any atom is -0.376 e. The van der Waals surface area contributed by atoms with E-state index < -0.39 is 22.6 Å². The van der Waals surface area contributed by atoms with Crippen LogP contribution in [0.5, 0.6) is 0 Å². The summed E-state index contributed by atoms with van der Waals surface area (Å²) in [5, 5.41) is 13.8. The van der Waals surface area contributed by atoms with Crippen molar-refractivity contribution in [2.45, 2.75) is 25.9 Å². The van der Waals surface area contributed by atoms with Crippen LogP contribution in [0.2, 0.25) is 0 Å². The fourth-order valence-electron chi connectivity index (χ4n) is 3.68. The third-order valence-electron chi connectivity index (χ3n) is 5.24. The molecule has 1 atom stereocenters. The van der Waals surface area contributed by atoms with Crippen LogP contribution in [0.1, 0.15) is 49.5 Å². The quantitative estimate of drug-likeness (QED) is 0.461. The Bertz CT molecular complexity index is 1070. The number of ether oxygens (including phenoxy) is 1. The van der Waals surface area contributed by atoms with Gasteiger partial charge in [-0.3, -0.25) is 29.4 Å². The van der Waals surface area contributed by atoms with Crippen LogP contribution in [0.25, 0.3) is 0 Å². The standard InChI is InChI=1S/C21H19N3O6/c1-12-4-7-17(18(9-12)24(28)29)22-19(25)13-5-6-15-16(10-13)21(27)23(20(15)26)11-14-3-2-8-30-14/h4-7,9-10,14H,2-3,8,11H2,1H3,(H,22,25). The van der Waals surface area contributed by atoms with Crippen LogP contribution < -0.4 is 5.32 Å². The highest BCUT2D eigenvalue weighted by Gasteiger charge is 2.38. The number of nitro groups is 1. The predicted octanol–water partition coefficient (Wildman–Crippen LogP) is 2.93. The molecule has 1 unspecified atom stereocenters. The number of nitrogens with zero attached hydrogens (tertiary/aromatic N) is 2. The third kappa shape index (κ3) is 3.55. The molecule has 0 radical (unpaired) electrons. The number of benzene rings is 2. The van der Waals surface area contributed by atoms with Gasteiger partial charge >= 0.3 is 0 Å². The molecule has 0 spiro atoms. The highest BCUT2D eigenvalue weighted by molar-refractivity contribution is 6.22. The number of imide groups is 1. The van der Waals surface area contributed by atoms with Crippen LogP contribution in [-0.4, -0.2) is 46.8 Å². The molecule has 154 valence electrons. The number of nitrogens with one attached hydrogen (secondary N) is 1. The van der Waals surface area contributed by atoms with E-state index in [0.717, 1.165) is 17.7 Å². The molecule has 1 N–H and O–H groups in total. The molecular weight excluding hydrogens is 390 g/mol. The molecular formula is C21H19N3O6. The number of rotatable bonds is 5. The molecule has 0 aromatic heterocycles. The van der Waals surface area contributed by atoms with E-state index in [9.17, 15) is 24.5 Å². The van der Waals surface area contributed by atoms with Crippen molar-refractivity contribution in [1.29, 1.82) is 0 Å². The van der Waals surface area contributed by atoms with Crippen LogP contribution in [0, 0.1) is 17.0 Å². The predicted molar refractivity (Wildman–Crippen MR) is 107 cm³/mol. The van der Waals surface area contributed by atoms with Gasteiger partial charge in [-0.15, -0.1) is 0 Å². The molecule has 0 aliphatic carbocycles. The lowest BCUT2D eigenvalue weighted by molar-refractivity contribution is -0.384. The van der Waals surface area contributed by atoms with Gasteiger partial charge in [-0.1, -0.05) is 6.07 Å². The fraction of sp³-hybridized carbons (Fsp3) is 0.286. The lowest BCUT2D eigenvalue weighted by Gasteiger charge is -2.17. The first-order valence-electron chi connectivity index (χ1n) is 9.53. The zero-order valence-corrected chi connectivity index (χ0v) is 16.2. The summed E-state index contributed by atoms with van der Waals surface area (Å²) in [6, 6.07) is 8.68. The number of nitro benzene ring substituents is 1. The molecule has 2 heterocycles. The number of anilines is 1. The molecule has 30 heavy (non-hydrogen) atoms. The van der Waals surface area contributed by atoms with E-state index in [2.05, 4.69) is 5.32 Å². The van der Waals surface area contributed by atoms with Gasteiger partial charge in [0.15, 0.2) is 0 Å². The van der Waals surface area contributed by atoms with E-state index in [0.29, 0.717) is 12.2 Å². The number of carbonyl (C=O) groups excluding carboxylic acids is 3. The van der Waals surface area contributed by atoms with Gasteiger partial charge in [-0.2, -0.15) is 0 Å². The first-order chi connectivity index (χ1) is 14.3. The average Bonchev–Trinajstić information content (AvgIpc) is 3.32. The van der Waals surface area contributed by atoms with E-state index in [4.69, 9.17) is 4.74 Å². The normalized spacial score (nSPS) is 17.9. The lowest BCUT2D eigenvalue weighted by Crippen LogP contribution is -2.36. The Morgan fingerprint density at radius 2 is 1.97 bits per heavy atom. The SMILES string of the molecule is Cc1ccc(NC(=O)c2ccc3c(c2)C(=O)N(CC2CCCO2)C3=O)c([N+](=O)[O-])c1. The van der Waals surface area contributed by atoms with Crippen LogP contribution in [0.3, 0.4) is 0 Å². The zero-order chi connectivity index (χ0) is 21.4. The van der Waals surface area contributed by atoms with Gasteiger partial charge in [0.05, 0.1) is 28.7 Å². The number of hydrogen-bond donors (Lipinski definition) is 1. The Hall–Kier alpha value is -3.59. The molecule has 1 fully saturated rings. The number of carbonyl (C=O) groups is 3. The molecule has 1 saturated heterocycles. The Morgan fingerprint density at radius 1 is 1.20 bits per heavy atom. The third-order valence-corrected chi connectivity index (χ3v) is 5.24. The minimum atomic E-state index is -0.609. The van der Waals surface area contributed by atoms with Gasteiger partial charge in [0.2, 0.25) is 0 Å². The van der Waals surface area contributed by atoms with Gasteiger partial charge in [-0.05, 0) is 49.6 Å². The molecule has 0 bridgehead atoms. The topological polar surface area (TPSA) is 119 Å². The van der Waals surface area contributed by atoms with Crippen molar-refractivity contribution in [1.82, 2.24) is 4.90 Å². The Labute approximate surface area is 171 Å². The maximum absolute atomic E-state index is 12.7. The second kappa shape index (κ2) is 7.68. The van der Waals surface area contributed by atoms with Crippen molar-refractivity contribution < 1.29 is 24.0 Å². The zero-order valence-electron chi connectivity index (χ0n) is 16.2. The molecule has 3 amide bonds. The molecule has 0 saturated carbocycles. The largest absolute Gasteiger partial charge is 0.376 e. The van der Waals surface area contributed by atoms with Crippen molar-refractivity contribution in [3.63, 3.8) is 0 Å². The number of aryl methyl sites for hydroxylation is 1. The molecule has 9 heteroatoms. The number of amides is 3. The van der Waals surface area contributed by atoms with E-state index in [1.165, 1.54) is 30.3 Å². The van der Waals surface area contributed by atoms with Gasteiger partial charge in [-0.25, -0.2) is 0 Å². The number of fused-ring (bicyclic) bond motifs is 1. The average molecular weight is 409 g/mol. The van der Waals surface area contributed by atoms with E-state index in [-0.39, 0.29) is 40.7 Å². The molecule has 9 nitrogen and oxygen atoms in total. The Kier molecular flexibility index (Phi) is 5.04. The molecule has 2 aliphatic rings. The maximum atomic E-state index is 12.7. The van der Waals surface area contributed by atoms with Crippen molar-refractivity contribution in [2.75, 3.05) is 18.5 Å². The van der Waals surface area contributed by atoms with Crippen molar-refractivity contribution in [3.05, 3.63) is 68.8 Å². The summed E-state index contributed by atoms with van der Waals surface area (Å²) in [4.78, 5) is 49.8. The summed E-state index contributed by atoms with van der Waals surface area (Å²) in [5.41, 5.74) is 1.02. The van der Waals surface area contributed by atoms with Crippen LogP contribution >= 0.6 is 0 Å². The molecule has 2 aromatic rings. The Morgan fingerprint density at radius 3 is 2.67 bits per heavy atom. The fourth-order valence-corrected chi connectivity index (χ4v) is 3.68. The van der Waals surface area contributed by atoms with E-state index >= 15 is 0 Å². The summed E-state index contributed by atoms with van der Waals surface area (Å²) in [7, 11) is 0. The molecule has 4 rings (SSSR count). The van der Waals surface area contributed by atoms with Crippen LogP contribution in [0.4, 0.5) is 11.4 Å². The van der Waals surface area contributed by atoms with E-state index in [1.54, 1.807) is 13.0 Å². The summed E-state index contributed by atoms with van der Waals surface area (Å²) < 4.78 is 5.51. The van der Waals surface area contributed by atoms with Crippen molar-refractivity contribution in [2.24, 2.45) is 0 Å². The lowest BCUT2D eigenvalue weighted by atomic mass is 10.1. The van der Waals surface area contributed by atoms with Crippen LogP contribution in [-0.2, 0) is 4.74 Å². The highest BCUT2D eigenvalue weighted by atomic mass is 16.6. The first kappa shape index (κ1) is 19.7. The highest BCUT2D eigenvalue weighted by Crippen LogP contribution is 2.28. The van der Waals surface area contributed by atoms with Gasteiger partial charge < -0.3 is 10.1 Å². The van der Waals surface area contributed by atoms with Gasteiger partial charge in [0, 0.05) is 18.2 Å². The van der Waals surface area contributed by atoms with Crippen LogP contribution in [0.15, 0.2) is 36.4 Å². The second-order valence-electron chi connectivity index (χ2n) is 7.35. The summed E-state index contributed by atoms with van der Waals surface area (Å²) in [6.45, 7) is 2.51. The molecule has 2 aromatic carbocycles. The van der Waals surface area contributed by atoms with E-state index in [1.807, 2.05) is 0 Å². The van der Waals surface area contributed by atoms with Gasteiger partial charge in [0.25, 0.3) is 23.4 Å². The minimum absolute atomic E-state index is 0.0542. The maximum Gasteiger partial charge on any atom is 0.293 e. The van der Waals surface area contributed by atoms with Crippen molar-refractivity contribution in [3.8, 4) is 0 Å². The summed E-state index contributed by atoms with van der Waals surface area (Å²) in [6.07, 6.45) is 1.51. The molecule has 2 aliphatic heterocycles. The summed E-state index contributed by atoms with van der Waals surface area (Å²) >= 11 is 0. The van der Waals surface area contributed by atoms with Gasteiger partial charge in [0.1, 0.15) is 5.69 Å². The summed E-state index contributed by atoms with van der Waals surface area (Å²) in [5.74, 6) is -1.49.